The average molecular weight is 444 g/mol. The highest BCUT2D eigenvalue weighted by molar-refractivity contribution is 7.99. The SMILES string of the molecule is COc1ccc(Cl)cc1CN(C)C(=O)c1cc(S(=O)(=O)N2CCSCC2)c[nH]1. The van der Waals surface area contributed by atoms with E-state index < -0.39 is 10.0 Å². The molecule has 0 spiro atoms. The van der Waals surface area contributed by atoms with Gasteiger partial charge in [0.2, 0.25) is 10.0 Å². The van der Waals surface area contributed by atoms with Gasteiger partial charge in [-0.3, -0.25) is 4.79 Å². The van der Waals surface area contributed by atoms with Crippen molar-refractivity contribution in [2.45, 2.75) is 11.4 Å². The fraction of sp³-hybridized carbons (Fsp3) is 0.389. The Labute approximate surface area is 174 Å². The minimum atomic E-state index is -3.60. The molecule has 1 aromatic heterocycles. The van der Waals surface area contributed by atoms with Crippen molar-refractivity contribution in [1.29, 1.82) is 0 Å². The van der Waals surface area contributed by atoms with E-state index in [9.17, 15) is 13.2 Å². The molecule has 7 nitrogen and oxygen atoms in total. The van der Waals surface area contributed by atoms with Crippen molar-refractivity contribution in [2.75, 3.05) is 38.8 Å². The number of nitrogens with zero attached hydrogens (tertiary/aromatic N) is 2. The lowest BCUT2D eigenvalue weighted by Crippen LogP contribution is -2.37. The standard InChI is InChI=1S/C18H22ClN3O4S2/c1-21(12-13-9-14(19)3-4-17(13)26-2)18(23)16-10-15(11-20-16)28(24,25)22-5-7-27-8-6-22/h3-4,9-11,20H,5-8,12H2,1-2H3. The molecule has 0 bridgehead atoms. The second-order valence-corrected chi connectivity index (χ2v) is 9.98. The Kier molecular flexibility index (Phi) is 6.59. The number of rotatable bonds is 6. The van der Waals surface area contributed by atoms with E-state index in [0.717, 1.165) is 17.1 Å². The quantitative estimate of drug-likeness (QED) is 0.742. The zero-order valence-corrected chi connectivity index (χ0v) is 18.0. The van der Waals surface area contributed by atoms with Crippen LogP contribution in [0.3, 0.4) is 0 Å². The fourth-order valence-electron chi connectivity index (χ4n) is 2.99. The second kappa shape index (κ2) is 8.77. The average Bonchev–Trinajstić information content (AvgIpc) is 3.19. The highest BCUT2D eigenvalue weighted by Gasteiger charge is 2.28. The van der Waals surface area contributed by atoms with Crippen LogP contribution in [0.4, 0.5) is 0 Å². The summed E-state index contributed by atoms with van der Waals surface area (Å²) in [7, 11) is -0.405. The number of thioether (sulfide) groups is 1. The normalized spacial score (nSPS) is 15.4. The molecule has 1 fully saturated rings. The van der Waals surface area contributed by atoms with Gasteiger partial charge in [0, 0.05) is 55.0 Å². The Morgan fingerprint density at radius 2 is 2.04 bits per heavy atom. The van der Waals surface area contributed by atoms with Crippen LogP contribution in [0.15, 0.2) is 35.4 Å². The van der Waals surface area contributed by atoms with Gasteiger partial charge in [0.05, 0.1) is 7.11 Å². The number of sulfonamides is 1. The molecule has 10 heteroatoms. The fourth-order valence-corrected chi connectivity index (χ4v) is 5.75. The molecule has 152 valence electrons. The van der Waals surface area contributed by atoms with Gasteiger partial charge in [0.15, 0.2) is 0 Å². The van der Waals surface area contributed by atoms with E-state index >= 15 is 0 Å². The van der Waals surface area contributed by atoms with E-state index in [0.29, 0.717) is 23.9 Å². The Bertz CT molecular complexity index is 955. The van der Waals surface area contributed by atoms with E-state index in [2.05, 4.69) is 4.98 Å². The van der Waals surface area contributed by atoms with Crippen molar-refractivity contribution in [2.24, 2.45) is 0 Å². The molecule has 3 rings (SSSR count). The van der Waals surface area contributed by atoms with Crippen LogP contribution in [0.2, 0.25) is 5.02 Å². The Hall–Kier alpha value is -1.68. The first kappa shape index (κ1) is 21.0. The lowest BCUT2D eigenvalue weighted by molar-refractivity contribution is 0.0779. The van der Waals surface area contributed by atoms with Crippen LogP contribution in [0, 0.1) is 0 Å². The molecule has 0 atom stereocenters. The van der Waals surface area contributed by atoms with Gasteiger partial charge in [0.1, 0.15) is 16.3 Å². The zero-order valence-electron chi connectivity index (χ0n) is 15.6. The number of halogens is 1. The molecule has 1 aliphatic rings. The highest BCUT2D eigenvalue weighted by Crippen LogP contribution is 2.25. The van der Waals surface area contributed by atoms with Crippen LogP contribution in [0.25, 0.3) is 0 Å². The van der Waals surface area contributed by atoms with E-state index in [1.807, 2.05) is 0 Å². The highest BCUT2D eigenvalue weighted by atomic mass is 35.5. The number of hydrogen-bond acceptors (Lipinski definition) is 5. The summed E-state index contributed by atoms with van der Waals surface area (Å²) in [6.45, 7) is 1.23. The Balaban J connectivity index is 1.76. The molecule has 0 unspecified atom stereocenters. The van der Waals surface area contributed by atoms with Crippen molar-refractivity contribution in [1.82, 2.24) is 14.2 Å². The number of nitrogens with one attached hydrogen (secondary N) is 1. The minimum Gasteiger partial charge on any atom is -0.496 e. The maximum Gasteiger partial charge on any atom is 0.270 e. The summed E-state index contributed by atoms with van der Waals surface area (Å²) in [6.07, 6.45) is 1.37. The summed E-state index contributed by atoms with van der Waals surface area (Å²) in [4.78, 5) is 17.1. The molecule has 28 heavy (non-hydrogen) atoms. The number of aromatic nitrogens is 1. The van der Waals surface area contributed by atoms with Gasteiger partial charge in [-0.25, -0.2) is 8.42 Å². The number of benzene rings is 1. The number of carbonyl (C=O) groups excluding carboxylic acids is 1. The van der Waals surface area contributed by atoms with Gasteiger partial charge in [-0.05, 0) is 24.3 Å². The van der Waals surface area contributed by atoms with Crippen molar-refractivity contribution in [3.63, 3.8) is 0 Å². The van der Waals surface area contributed by atoms with Gasteiger partial charge in [-0.1, -0.05) is 11.6 Å². The Morgan fingerprint density at radius 3 is 2.71 bits per heavy atom. The third kappa shape index (κ3) is 4.48. The van der Waals surface area contributed by atoms with Crippen molar-refractivity contribution >= 4 is 39.3 Å². The van der Waals surface area contributed by atoms with Crippen LogP contribution in [-0.4, -0.2) is 67.3 Å². The molecule has 0 saturated carbocycles. The lowest BCUT2D eigenvalue weighted by atomic mass is 10.2. The van der Waals surface area contributed by atoms with Gasteiger partial charge >= 0.3 is 0 Å². The first-order valence-electron chi connectivity index (χ1n) is 8.67. The third-order valence-corrected chi connectivity index (χ3v) is 7.55. The summed E-state index contributed by atoms with van der Waals surface area (Å²) >= 11 is 7.78. The van der Waals surface area contributed by atoms with Crippen molar-refractivity contribution in [3.8, 4) is 5.75 Å². The smallest absolute Gasteiger partial charge is 0.270 e. The third-order valence-electron chi connectivity index (χ3n) is 4.49. The predicted octanol–water partition coefficient (Wildman–Crippen LogP) is 2.69. The summed E-state index contributed by atoms with van der Waals surface area (Å²) in [5, 5.41) is 0.546. The van der Waals surface area contributed by atoms with E-state index in [1.165, 1.54) is 21.5 Å². The van der Waals surface area contributed by atoms with Gasteiger partial charge in [0.25, 0.3) is 5.91 Å². The largest absolute Gasteiger partial charge is 0.496 e. The molecular formula is C18H22ClN3O4S2. The van der Waals surface area contributed by atoms with E-state index in [1.54, 1.807) is 44.1 Å². The van der Waals surface area contributed by atoms with Gasteiger partial charge < -0.3 is 14.6 Å². The van der Waals surface area contributed by atoms with Crippen LogP contribution in [0.1, 0.15) is 16.1 Å². The molecule has 0 aliphatic carbocycles. The molecule has 1 aliphatic heterocycles. The van der Waals surface area contributed by atoms with Gasteiger partial charge in [-0.2, -0.15) is 16.1 Å². The van der Waals surface area contributed by atoms with E-state index in [4.69, 9.17) is 16.3 Å². The molecular weight excluding hydrogens is 422 g/mol. The summed E-state index contributed by atoms with van der Waals surface area (Å²) in [6, 6.07) is 6.59. The maximum atomic E-state index is 12.8. The number of aromatic amines is 1. The molecule has 1 N–H and O–H groups in total. The van der Waals surface area contributed by atoms with Gasteiger partial charge in [-0.15, -0.1) is 0 Å². The molecule has 1 saturated heterocycles. The number of hydrogen-bond donors (Lipinski definition) is 1. The summed E-state index contributed by atoms with van der Waals surface area (Å²) < 4.78 is 32.3. The summed E-state index contributed by atoms with van der Waals surface area (Å²) in [5.41, 5.74) is 0.976. The molecule has 2 aromatic rings. The first-order chi connectivity index (χ1) is 13.3. The number of H-pyrrole nitrogens is 1. The van der Waals surface area contributed by atoms with E-state index in [-0.39, 0.29) is 23.0 Å². The van der Waals surface area contributed by atoms with Crippen molar-refractivity contribution in [3.05, 3.63) is 46.7 Å². The maximum absolute atomic E-state index is 12.8. The van der Waals surface area contributed by atoms with Crippen LogP contribution in [-0.2, 0) is 16.6 Å². The molecule has 1 aromatic carbocycles. The molecule has 2 heterocycles. The second-order valence-electron chi connectivity index (χ2n) is 6.38. The predicted molar refractivity (Wildman–Crippen MR) is 111 cm³/mol. The topological polar surface area (TPSA) is 82.7 Å². The monoisotopic (exact) mass is 443 g/mol. The summed E-state index contributed by atoms with van der Waals surface area (Å²) in [5.74, 6) is 1.86. The number of amides is 1. The Morgan fingerprint density at radius 1 is 1.32 bits per heavy atom. The van der Waals surface area contributed by atoms with Crippen LogP contribution < -0.4 is 4.74 Å². The molecule has 0 radical (unpaired) electrons. The number of methoxy groups -OCH3 is 1. The van der Waals surface area contributed by atoms with Crippen LogP contribution in [0.5, 0.6) is 5.75 Å². The lowest BCUT2D eigenvalue weighted by Gasteiger charge is -2.24. The number of carbonyl (C=O) groups is 1. The van der Waals surface area contributed by atoms with Crippen molar-refractivity contribution < 1.29 is 17.9 Å². The number of ether oxygens (including phenoxy) is 1. The molecule has 1 amide bonds. The first-order valence-corrected chi connectivity index (χ1v) is 11.6. The zero-order chi connectivity index (χ0) is 20.3. The van der Waals surface area contributed by atoms with Crippen LogP contribution >= 0.6 is 23.4 Å². The minimum absolute atomic E-state index is 0.108.